The second-order valence-electron chi connectivity index (χ2n) is 7.42. The van der Waals surface area contributed by atoms with E-state index in [9.17, 15) is 12.8 Å². The largest absolute Gasteiger partial charge is 0.347 e. The number of aryl methyl sites for hydroxylation is 1. The summed E-state index contributed by atoms with van der Waals surface area (Å²) in [5.74, 6) is 0.573. The van der Waals surface area contributed by atoms with E-state index in [1.807, 2.05) is 18.4 Å². The predicted molar refractivity (Wildman–Crippen MR) is 107 cm³/mol. The van der Waals surface area contributed by atoms with Gasteiger partial charge in [-0.2, -0.15) is 4.98 Å². The monoisotopic (exact) mass is 418 g/mol. The van der Waals surface area contributed by atoms with E-state index in [1.165, 1.54) is 18.2 Å². The van der Waals surface area contributed by atoms with Crippen LogP contribution in [0.1, 0.15) is 48.5 Å². The number of sulfonamides is 1. The molecule has 1 aromatic carbocycles. The Labute approximate surface area is 169 Å². The number of aromatic nitrogens is 3. The summed E-state index contributed by atoms with van der Waals surface area (Å²) < 4.78 is 50.3. The molecule has 1 N–H and O–H groups in total. The molecule has 2 aromatic heterocycles. The maximum Gasteiger partial charge on any atom is 0.264 e. The van der Waals surface area contributed by atoms with Gasteiger partial charge in [0.25, 0.3) is 15.9 Å². The van der Waals surface area contributed by atoms with Gasteiger partial charge in [-0.3, -0.25) is 4.72 Å². The Kier molecular flexibility index (Phi) is 4.72. The van der Waals surface area contributed by atoms with Crippen molar-refractivity contribution in [1.82, 2.24) is 14.7 Å². The van der Waals surface area contributed by atoms with E-state index in [1.54, 1.807) is 13.8 Å². The topological polar surface area (TPSA) is 90.0 Å². The molecule has 0 radical (unpaired) electrons. The maximum absolute atomic E-state index is 13.7. The SMILES string of the molecule is CCn1c(C)c(-c2nc(C3CC3)no2)c(S(=O)(=O)Nc2cc(F)ccc2C)c1C. The van der Waals surface area contributed by atoms with Crippen molar-refractivity contribution in [2.75, 3.05) is 4.72 Å². The van der Waals surface area contributed by atoms with Crippen molar-refractivity contribution in [2.24, 2.45) is 0 Å². The molecule has 1 aliphatic carbocycles. The van der Waals surface area contributed by atoms with Crippen LogP contribution in [0.4, 0.5) is 10.1 Å². The van der Waals surface area contributed by atoms with Crippen molar-refractivity contribution < 1.29 is 17.3 Å². The number of nitrogens with one attached hydrogen (secondary N) is 1. The lowest BCUT2D eigenvalue weighted by atomic mass is 10.2. The van der Waals surface area contributed by atoms with Gasteiger partial charge in [0.1, 0.15) is 10.7 Å². The minimum absolute atomic E-state index is 0.0755. The number of anilines is 1. The van der Waals surface area contributed by atoms with E-state index in [-0.39, 0.29) is 22.4 Å². The fourth-order valence-electron chi connectivity index (χ4n) is 3.65. The molecule has 1 aliphatic rings. The van der Waals surface area contributed by atoms with Gasteiger partial charge in [-0.1, -0.05) is 11.2 Å². The molecule has 29 heavy (non-hydrogen) atoms. The van der Waals surface area contributed by atoms with Gasteiger partial charge in [0.05, 0.1) is 11.3 Å². The first-order valence-corrected chi connectivity index (χ1v) is 11.0. The molecule has 154 valence electrons. The van der Waals surface area contributed by atoms with Gasteiger partial charge >= 0.3 is 0 Å². The van der Waals surface area contributed by atoms with Crippen LogP contribution in [-0.2, 0) is 16.6 Å². The normalized spacial score (nSPS) is 14.4. The lowest BCUT2D eigenvalue weighted by Crippen LogP contribution is -2.16. The van der Waals surface area contributed by atoms with Crippen LogP contribution in [-0.4, -0.2) is 23.1 Å². The summed E-state index contributed by atoms with van der Waals surface area (Å²) in [7, 11) is -4.03. The molecular weight excluding hydrogens is 395 g/mol. The summed E-state index contributed by atoms with van der Waals surface area (Å²) in [6.45, 7) is 7.81. The Morgan fingerprint density at radius 3 is 2.62 bits per heavy atom. The second kappa shape index (κ2) is 6.98. The van der Waals surface area contributed by atoms with Crippen LogP contribution in [0.25, 0.3) is 11.5 Å². The number of benzene rings is 1. The summed E-state index contributed by atoms with van der Waals surface area (Å²) >= 11 is 0. The molecule has 7 nitrogen and oxygen atoms in total. The van der Waals surface area contributed by atoms with Crippen LogP contribution >= 0.6 is 0 Å². The molecule has 4 rings (SSSR count). The van der Waals surface area contributed by atoms with Crippen LogP contribution in [0, 0.1) is 26.6 Å². The number of hydrogen-bond acceptors (Lipinski definition) is 5. The molecule has 0 unspecified atom stereocenters. The molecule has 0 aliphatic heterocycles. The molecule has 0 atom stereocenters. The van der Waals surface area contributed by atoms with Crippen molar-refractivity contribution in [3.8, 4) is 11.5 Å². The van der Waals surface area contributed by atoms with Gasteiger partial charge in [-0.25, -0.2) is 12.8 Å². The van der Waals surface area contributed by atoms with Gasteiger partial charge in [-0.15, -0.1) is 0 Å². The molecule has 9 heteroatoms. The third-order valence-electron chi connectivity index (χ3n) is 5.35. The minimum atomic E-state index is -4.03. The van der Waals surface area contributed by atoms with E-state index in [0.29, 0.717) is 29.2 Å². The Balaban J connectivity index is 1.86. The fraction of sp³-hybridized carbons (Fsp3) is 0.400. The van der Waals surface area contributed by atoms with Crippen molar-refractivity contribution in [1.29, 1.82) is 0 Å². The lowest BCUT2D eigenvalue weighted by molar-refractivity contribution is 0.421. The highest BCUT2D eigenvalue weighted by molar-refractivity contribution is 7.93. The van der Waals surface area contributed by atoms with Gasteiger partial charge in [-0.05, 0) is 58.2 Å². The van der Waals surface area contributed by atoms with Gasteiger partial charge in [0, 0.05) is 23.9 Å². The van der Waals surface area contributed by atoms with Crippen LogP contribution in [0.2, 0.25) is 0 Å². The first-order chi connectivity index (χ1) is 13.7. The van der Waals surface area contributed by atoms with Crippen LogP contribution in [0.3, 0.4) is 0 Å². The standard InChI is InChI=1S/C20H23FN4O3S/c1-5-25-12(3)17(20-22-19(23-28-20)14-7-8-14)18(13(25)4)29(26,27)24-16-10-15(21)9-6-11(16)2/h6,9-10,14,24H,5,7-8H2,1-4H3. The summed E-state index contributed by atoms with van der Waals surface area (Å²) in [4.78, 5) is 4.54. The third-order valence-corrected chi connectivity index (χ3v) is 6.88. The van der Waals surface area contributed by atoms with E-state index >= 15 is 0 Å². The Morgan fingerprint density at radius 2 is 1.97 bits per heavy atom. The van der Waals surface area contributed by atoms with Crippen LogP contribution in [0.5, 0.6) is 0 Å². The number of hydrogen-bond donors (Lipinski definition) is 1. The van der Waals surface area contributed by atoms with E-state index in [0.717, 1.165) is 18.5 Å². The molecular formula is C20H23FN4O3S. The van der Waals surface area contributed by atoms with Gasteiger partial charge in [0.2, 0.25) is 0 Å². The highest BCUT2D eigenvalue weighted by Gasteiger charge is 2.34. The summed E-state index contributed by atoms with van der Waals surface area (Å²) in [5.41, 5.74) is 2.50. The van der Waals surface area contributed by atoms with Crippen molar-refractivity contribution in [2.45, 2.75) is 57.9 Å². The molecule has 3 aromatic rings. The minimum Gasteiger partial charge on any atom is -0.347 e. The van der Waals surface area contributed by atoms with Crippen LogP contribution < -0.4 is 4.72 Å². The quantitative estimate of drug-likeness (QED) is 0.645. The van der Waals surface area contributed by atoms with Crippen LogP contribution in [0.15, 0.2) is 27.6 Å². The first kappa shape index (κ1) is 19.6. The zero-order valence-electron chi connectivity index (χ0n) is 16.8. The predicted octanol–water partition coefficient (Wildman–Crippen LogP) is 4.30. The van der Waals surface area contributed by atoms with Gasteiger partial charge < -0.3 is 9.09 Å². The van der Waals surface area contributed by atoms with Crippen molar-refractivity contribution >= 4 is 15.7 Å². The Bertz CT molecular complexity index is 1190. The highest BCUT2D eigenvalue weighted by Crippen LogP contribution is 2.41. The van der Waals surface area contributed by atoms with Crippen molar-refractivity contribution in [3.05, 3.63) is 46.8 Å². The first-order valence-electron chi connectivity index (χ1n) is 9.55. The Morgan fingerprint density at radius 1 is 1.24 bits per heavy atom. The smallest absolute Gasteiger partial charge is 0.264 e. The molecule has 0 amide bonds. The Hall–Kier alpha value is -2.68. The zero-order chi connectivity index (χ0) is 20.9. The van der Waals surface area contributed by atoms with E-state index in [2.05, 4.69) is 14.9 Å². The molecule has 1 saturated carbocycles. The highest BCUT2D eigenvalue weighted by atomic mass is 32.2. The second-order valence-corrected chi connectivity index (χ2v) is 9.04. The summed E-state index contributed by atoms with van der Waals surface area (Å²) in [6, 6.07) is 3.99. The van der Waals surface area contributed by atoms with E-state index in [4.69, 9.17) is 4.52 Å². The third kappa shape index (κ3) is 3.43. The number of nitrogens with zero attached hydrogens (tertiary/aromatic N) is 3. The van der Waals surface area contributed by atoms with Crippen molar-refractivity contribution in [3.63, 3.8) is 0 Å². The fourth-order valence-corrected chi connectivity index (χ4v) is 5.27. The number of halogens is 1. The summed E-state index contributed by atoms with van der Waals surface area (Å²) in [6.07, 6.45) is 2.02. The van der Waals surface area contributed by atoms with E-state index < -0.39 is 15.8 Å². The molecule has 1 fully saturated rings. The van der Waals surface area contributed by atoms with Gasteiger partial charge in [0.15, 0.2) is 5.82 Å². The average Bonchev–Trinajstić information content (AvgIpc) is 3.33. The lowest BCUT2D eigenvalue weighted by Gasteiger charge is -2.12. The molecule has 0 saturated heterocycles. The molecule has 0 spiro atoms. The summed E-state index contributed by atoms with van der Waals surface area (Å²) in [5, 5.41) is 4.03. The average molecular weight is 418 g/mol. The molecule has 2 heterocycles. The maximum atomic E-state index is 13.7. The molecule has 0 bridgehead atoms. The number of rotatable bonds is 6. The zero-order valence-corrected chi connectivity index (χ0v) is 17.6.